The smallest absolute Gasteiger partial charge is 0.318 e. The summed E-state index contributed by atoms with van der Waals surface area (Å²) in [4.78, 5) is 8.04. The van der Waals surface area contributed by atoms with E-state index in [2.05, 4.69) is 20.4 Å². The second-order valence-corrected chi connectivity index (χ2v) is 4.08. The lowest BCUT2D eigenvalue weighted by molar-refractivity contribution is 0.380. The first kappa shape index (κ1) is 12.6. The Kier molecular flexibility index (Phi) is 3.99. The van der Waals surface area contributed by atoms with Crippen molar-refractivity contribution in [2.24, 2.45) is 7.05 Å². The van der Waals surface area contributed by atoms with Crippen LogP contribution in [0.25, 0.3) is 0 Å². The number of hydrogen-bond acceptors (Lipinski definition) is 5. The van der Waals surface area contributed by atoms with Crippen LogP contribution in [0.15, 0.2) is 18.5 Å². The lowest BCUT2D eigenvalue weighted by Gasteiger charge is -2.08. The van der Waals surface area contributed by atoms with Crippen LogP contribution in [0, 0.1) is 0 Å². The number of halogens is 1. The van der Waals surface area contributed by atoms with Gasteiger partial charge in [-0.15, -0.1) is 0 Å². The molecule has 0 aliphatic carbocycles. The van der Waals surface area contributed by atoms with E-state index in [9.17, 15) is 0 Å². The van der Waals surface area contributed by atoms with Crippen molar-refractivity contribution in [3.05, 3.63) is 29.2 Å². The fourth-order valence-corrected chi connectivity index (χ4v) is 1.69. The van der Waals surface area contributed by atoms with Crippen molar-refractivity contribution < 1.29 is 4.74 Å². The van der Waals surface area contributed by atoms with Gasteiger partial charge in [-0.1, -0.05) is 11.6 Å². The highest BCUT2D eigenvalue weighted by Crippen LogP contribution is 2.19. The van der Waals surface area contributed by atoms with Gasteiger partial charge in [0.1, 0.15) is 5.02 Å². The van der Waals surface area contributed by atoms with Gasteiger partial charge in [0, 0.05) is 31.9 Å². The second-order valence-electron chi connectivity index (χ2n) is 3.68. The molecule has 0 saturated heterocycles. The number of anilines is 1. The molecule has 6 nitrogen and oxygen atoms in total. The largest absolute Gasteiger partial charge is 0.467 e. The first-order chi connectivity index (χ1) is 8.70. The molecule has 2 heterocycles. The van der Waals surface area contributed by atoms with Crippen LogP contribution >= 0.6 is 11.6 Å². The molecule has 7 heteroatoms. The number of methoxy groups -OCH3 is 1. The standard InChI is InChI=1S/C11H14ClN5O/c1-17-8(4-6-15-17)3-5-13-10-9(12)7-14-11(16-10)18-2/h4,6-7H,3,5H2,1-2H3,(H,13,14,16). The average molecular weight is 268 g/mol. The van der Waals surface area contributed by atoms with E-state index in [1.54, 1.807) is 6.20 Å². The molecular formula is C11H14ClN5O. The van der Waals surface area contributed by atoms with Gasteiger partial charge in [0.2, 0.25) is 0 Å². The molecule has 0 spiro atoms. The Bertz CT molecular complexity index is 528. The van der Waals surface area contributed by atoms with E-state index in [1.807, 2.05) is 17.8 Å². The van der Waals surface area contributed by atoms with Crippen molar-refractivity contribution in [3.63, 3.8) is 0 Å². The summed E-state index contributed by atoms with van der Waals surface area (Å²) < 4.78 is 6.78. The first-order valence-corrected chi connectivity index (χ1v) is 5.86. The molecule has 0 unspecified atom stereocenters. The van der Waals surface area contributed by atoms with Gasteiger partial charge in [0.25, 0.3) is 0 Å². The number of rotatable bonds is 5. The van der Waals surface area contributed by atoms with Gasteiger partial charge in [0.05, 0.1) is 13.3 Å². The minimum absolute atomic E-state index is 0.294. The number of aromatic nitrogens is 4. The van der Waals surface area contributed by atoms with Crippen LogP contribution in [-0.4, -0.2) is 33.4 Å². The highest BCUT2D eigenvalue weighted by Gasteiger charge is 2.05. The summed E-state index contributed by atoms with van der Waals surface area (Å²) in [5.41, 5.74) is 1.14. The van der Waals surface area contributed by atoms with Crippen LogP contribution in [-0.2, 0) is 13.5 Å². The molecule has 0 fully saturated rings. The summed E-state index contributed by atoms with van der Waals surface area (Å²) in [5.74, 6) is 0.575. The van der Waals surface area contributed by atoms with Crippen LogP contribution in [0.3, 0.4) is 0 Å². The van der Waals surface area contributed by atoms with E-state index in [-0.39, 0.29) is 0 Å². The monoisotopic (exact) mass is 267 g/mol. The van der Waals surface area contributed by atoms with Gasteiger partial charge in [-0.25, -0.2) is 4.98 Å². The quantitative estimate of drug-likeness (QED) is 0.890. The van der Waals surface area contributed by atoms with Gasteiger partial charge in [-0.05, 0) is 6.07 Å². The molecular weight excluding hydrogens is 254 g/mol. The molecule has 0 aromatic carbocycles. The molecule has 96 valence electrons. The minimum Gasteiger partial charge on any atom is -0.467 e. The van der Waals surface area contributed by atoms with Crippen molar-refractivity contribution in [1.29, 1.82) is 0 Å². The molecule has 2 rings (SSSR count). The van der Waals surface area contributed by atoms with Crippen LogP contribution in [0.4, 0.5) is 5.82 Å². The molecule has 18 heavy (non-hydrogen) atoms. The van der Waals surface area contributed by atoms with Crippen molar-refractivity contribution in [2.45, 2.75) is 6.42 Å². The zero-order valence-corrected chi connectivity index (χ0v) is 11.0. The Balaban J connectivity index is 1.96. The Morgan fingerprint density at radius 2 is 2.33 bits per heavy atom. The SMILES string of the molecule is COc1ncc(Cl)c(NCCc2ccnn2C)n1. The predicted octanol–water partition coefficient (Wildman–Crippen LogP) is 1.53. The van der Waals surface area contributed by atoms with E-state index >= 15 is 0 Å². The normalized spacial score (nSPS) is 10.4. The van der Waals surface area contributed by atoms with Gasteiger partial charge in [0.15, 0.2) is 5.82 Å². The third-order valence-electron chi connectivity index (χ3n) is 2.50. The highest BCUT2D eigenvalue weighted by molar-refractivity contribution is 6.32. The molecule has 0 amide bonds. The number of aryl methyl sites for hydroxylation is 1. The summed E-state index contributed by atoms with van der Waals surface area (Å²) in [7, 11) is 3.43. The summed E-state index contributed by atoms with van der Waals surface area (Å²) >= 11 is 5.98. The average Bonchev–Trinajstić information content (AvgIpc) is 2.77. The second kappa shape index (κ2) is 5.68. The topological polar surface area (TPSA) is 64.9 Å². The minimum atomic E-state index is 0.294. The predicted molar refractivity (Wildman–Crippen MR) is 69.0 cm³/mol. The lowest BCUT2D eigenvalue weighted by Crippen LogP contribution is -2.10. The van der Waals surface area contributed by atoms with Crippen LogP contribution < -0.4 is 10.1 Å². The zero-order valence-electron chi connectivity index (χ0n) is 10.2. The maximum Gasteiger partial charge on any atom is 0.318 e. The number of hydrogen-bond donors (Lipinski definition) is 1. The Morgan fingerprint density at radius 1 is 1.50 bits per heavy atom. The maximum atomic E-state index is 5.98. The summed E-state index contributed by atoms with van der Waals surface area (Å²) in [6, 6.07) is 2.27. The summed E-state index contributed by atoms with van der Waals surface area (Å²) in [6.45, 7) is 0.708. The zero-order chi connectivity index (χ0) is 13.0. The van der Waals surface area contributed by atoms with Gasteiger partial charge in [-0.2, -0.15) is 10.1 Å². The number of nitrogens with one attached hydrogen (secondary N) is 1. The van der Waals surface area contributed by atoms with E-state index in [0.29, 0.717) is 23.4 Å². The molecule has 0 radical (unpaired) electrons. The summed E-state index contributed by atoms with van der Waals surface area (Å²) in [6.07, 6.45) is 4.12. The van der Waals surface area contributed by atoms with E-state index in [1.165, 1.54) is 13.3 Å². The van der Waals surface area contributed by atoms with Crippen molar-refractivity contribution >= 4 is 17.4 Å². The van der Waals surface area contributed by atoms with E-state index in [0.717, 1.165) is 12.1 Å². The van der Waals surface area contributed by atoms with Crippen molar-refractivity contribution in [3.8, 4) is 6.01 Å². The van der Waals surface area contributed by atoms with Crippen LogP contribution in [0.5, 0.6) is 6.01 Å². The fraction of sp³-hybridized carbons (Fsp3) is 0.364. The third-order valence-corrected chi connectivity index (χ3v) is 2.78. The molecule has 0 saturated carbocycles. The molecule has 2 aromatic rings. The fourth-order valence-electron chi connectivity index (χ4n) is 1.53. The Morgan fingerprint density at radius 3 is 3.00 bits per heavy atom. The number of nitrogens with zero attached hydrogens (tertiary/aromatic N) is 4. The maximum absolute atomic E-state index is 5.98. The van der Waals surface area contributed by atoms with E-state index in [4.69, 9.17) is 16.3 Å². The van der Waals surface area contributed by atoms with Crippen molar-refractivity contribution in [1.82, 2.24) is 19.7 Å². The van der Waals surface area contributed by atoms with Crippen LogP contribution in [0.1, 0.15) is 5.69 Å². The molecule has 0 atom stereocenters. The Hall–Kier alpha value is -1.82. The third kappa shape index (κ3) is 2.89. The molecule has 1 N–H and O–H groups in total. The summed E-state index contributed by atoms with van der Waals surface area (Å²) in [5, 5.41) is 7.73. The lowest BCUT2D eigenvalue weighted by atomic mass is 10.3. The Labute approximate surface area is 110 Å². The van der Waals surface area contributed by atoms with Gasteiger partial charge < -0.3 is 10.1 Å². The van der Waals surface area contributed by atoms with Gasteiger partial charge in [-0.3, -0.25) is 4.68 Å². The van der Waals surface area contributed by atoms with Crippen LogP contribution in [0.2, 0.25) is 5.02 Å². The first-order valence-electron chi connectivity index (χ1n) is 5.48. The molecule has 0 bridgehead atoms. The van der Waals surface area contributed by atoms with Crippen molar-refractivity contribution in [2.75, 3.05) is 19.0 Å². The molecule has 0 aliphatic heterocycles. The number of ether oxygens (including phenoxy) is 1. The van der Waals surface area contributed by atoms with E-state index < -0.39 is 0 Å². The van der Waals surface area contributed by atoms with Gasteiger partial charge >= 0.3 is 6.01 Å². The molecule has 0 aliphatic rings. The highest BCUT2D eigenvalue weighted by atomic mass is 35.5. The molecule has 2 aromatic heterocycles.